The predicted octanol–water partition coefficient (Wildman–Crippen LogP) is 8.61. The first-order valence-corrected chi connectivity index (χ1v) is 16.8. The van der Waals surface area contributed by atoms with Gasteiger partial charge < -0.3 is 24.8 Å². The Hall–Kier alpha value is -1.69. The molecule has 2 heterocycles. The molecule has 0 radical (unpaired) electrons. The van der Waals surface area contributed by atoms with Gasteiger partial charge in [0.25, 0.3) is 5.97 Å². The number of aliphatic hydroxyl groups is 2. The molecule has 8 nitrogen and oxygen atoms in total. The topological polar surface area (TPSA) is 122 Å². The van der Waals surface area contributed by atoms with E-state index >= 15 is 0 Å². The number of ether oxygens (including phenoxy) is 2. The van der Waals surface area contributed by atoms with Gasteiger partial charge in [0.2, 0.25) is 11.8 Å². The molecule has 248 valence electrons. The molecule has 0 spiro atoms. The van der Waals surface area contributed by atoms with Crippen LogP contribution in [-0.2, 0) is 17.1 Å². The number of hydrogen-bond donors (Lipinski definition) is 3. The number of rotatable bonds is 10. The Kier molecular flexibility index (Phi) is 20.6. The Bertz CT molecular complexity index is 1080. The first-order valence-electron chi connectivity index (χ1n) is 12.3. The Morgan fingerprint density at radius 1 is 0.837 bits per heavy atom. The van der Waals surface area contributed by atoms with Crippen LogP contribution in [0.1, 0.15) is 71.4 Å². The van der Waals surface area contributed by atoms with Gasteiger partial charge in [0.05, 0.1) is 35.5 Å². The maximum atomic E-state index is 12.6. The van der Waals surface area contributed by atoms with Crippen LogP contribution < -0.4 is 9.47 Å². The van der Waals surface area contributed by atoms with E-state index in [0.717, 1.165) is 37.5 Å². The molecule has 0 atom stereocenters. The number of pyridine rings is 2. The van der Waals surface area contributed by atoms with Gasteiger partial charge in [-0.25, -0.2) is 9.97 Å². The molecule has 0 aromatic carbocycles. The molecule has 0 aliphatic rings. The van der Waals surface area contributed by atoms with Gasteiger partial charge in [0, 0.05) is 64.2 Å². The van der Waals surface area contributed by atoms with Crippen molar-refractivity contribution in [3.05, 3.63) is 46.2 Å². The average molecular weight is 825 g/mol. The van der Waals surface area contributed by atoms with Crippen molar-refractivity contribution >= 4 is 50.2 Å². The smallest absolute Gasteiger partial charge is 0.417 e. The van der Waals surface area contributed by atoms with E-state index in [2.05, 4.69) is 54.2 Å². The molecular weight excluding hydrogens is 790 g/mol. The zero-order chi connectivity index (χ0) is 34.1. The molecule has 0 saturated carbocycles. The predicted molar refractivity (Wildman–Crippen MR) is 159 cm³/mol. The van der Waals surface area contributed by atoms with E-state index in [1.54, 1.807) is 27.7 Å². The normalized spacial score (nSPS) is 11.5. The summed E-state index contributed by atoms with van der Waals surface area (Å²) in [5.41, 5.74) is -3.21. The number of aliphatic carboxylic acids is 1. The first-order chi connectivity index (χ1) is 19.5. The molecule has 0 unspecified atom stereocenters. The Morgan fingerprint density at radius 3 is 1.63 bits per heavy atom. The number of aromatic nitrogens is 2. The van der Waals surface area contributed by atoms with Crippen LogP contribution in [0, 0.1) is 0 Å². The van der Waals surface area contributed by atoms with Crippen molar-refractivity contribution in [2.24, 2.45) is 0 Å². The van der Waals surface area contributed by atoms with Crippen molar-refractivity contribution in [1.29, 1.82) is 0 Å². The molecular formula is C26H35Br3F6N2O6. The molecule has 0 amide bonds. The van der Waals surface area contributed by atoms with Crippen molar-refractivity contribution in [3.8, 4) is 11.8 Å². The maximum Gasteiger partial charge on any atom is 0.417 e. The Morgan fingerprint density at radius 2 is 1.26 bits per heavy atom. The van der Waals surface area contributed by atoms with Crippen molar-refractivity contribution in [2.75, 3.05) is 13.2 Å². The molecule has 17 heteroatoms. The summed E-state index contributed by atoms with van der Waals surface area (Å²) in [4.78, 5) is 16.5. The van der Waals surface area contributed by atoms with Gasteiger partial charge in [0.15, 0.2) is 0 Å². The van der Waals surface area contributed by atoms with Crippen LogP contribution in [0.4, 0.5) is 26.3 Å². The van der Waals surface area contributed by atoms with E-state index in [0.29, 0.717) is 25.7 Å². The van der Waals surface area contributed by atoms with Crippen LogP contribution in [0.3, 0.4) is 0 Å². The SMILES string of the molecule is BrBr.CC(=O)O.CC(C)(O)CCCOc1cc(C(F)(F)F)c(Br)cn1.CC(C)(O)CCCOc1cc(C(F)(F)F)ccn1. The third kappa shape index (κ3) is 24.3. The minimum absolute atomic E-state index is 0.0550. The molecule has 2 aromatic rings. The number of halogens is 9. The highest BCUT2D eigenvalue weighted by atomic mass is 80.9. The summed E-state index contributed by atoms with van der Waals surface area (Å²) in [6.07, 6.45) is -4.64. The molecule has 3 N–H and O–H groups in total. The van der Waals surface area contributed by atoms with Crippen molar-refractivity contribution < 1.29 is 55.9 Å². The molecule has 0 aliphatic heterocycles. The van der Waals surface area contributed by atoms with Crippen LogP contribution >= 0.6 is 44.2 Å². The van der Waals surface area contributed by atoms with E-state index < -0.39 is 40.7 Å². The van der Waals surface area contributed by atoms with E-state index in [-0.39, 0.29) is 29.4 Å². The van der Waals surface area contributed by atoms with Crippen molar-refractivity contribution in [2.45, 2.75) is 83.9 Å². The van der Waals surface area contributed by atoms with Gasteiger partial charge in [-0.15, -0.1) is 0 Å². The largest absolute Gasteiger partial charge is 0.481 e. The van der Waals surface area contributed by atoms with Crippen LogP contribution in [0.15, 0.2) is 35.1 Å². The summed E-state index contributed by atoms with van der Waals surface area (Å²) in [7, 11) is 0. The lowest BCUT2D eigenvalue weighted by atomic mass is 10.0. The van der Waals surface area contributed by atoms with E-state index in [1.165, 1.54) is 0 Å². The molecule has 0 saturated heterocycles. The second-order valence-corrected chi connectivity index (χ2v) is 10.8. The number of carbonyl (C=O) groups is 1. The van der Waals surface area contributed by atoms with Crippen LogP contribution in [-0.4, -0.2) is 55.7 Å². The van der Waals surface area contributed by atoms with Crippen LogP contribution in [0.2, 0.25) is 0 Å². The number of nitrogens with zero attached hydrogens (tertiary/aromatic N) is 2. The Balaban J connectivity index is 0. The summed E-state index contributed by atoms with van der Waals surface area (Å²) < 4.78 is 85.2. The van der Waals surface area contributed by atoms with E-state index in [4.69, 9.17) is 19.4 Å². The first kappa shape index (κ1) is 43.4. The summed E-state index contributed by atoms with van der Waals surface area (Å²) >= 11 is 8.30. The lowest BCUT2D eigenvalue weighted by Crippen LogP contribution is -2.19. The lowest BCUT2D eigenvalue weighted by molar-refractivity contribution is -0.139. The quantitative estimate of drug-likeness (QED) is 0.161. The highest BCUT2D eigenvalue weighted by Crippen LogP contribution is 2.36. The molecule has 0 fully saturated rings. The van der Waals surface area contributed by atoms with E-state index in [9.17, 15) is 36.6 Å². The fourth-order valence-corrected chi connectivity index (χ4v) is 3.19. The number of carboxylic acid groups (broad SMARTS) is 1. The fraction of sp³-hybridized carbons (Fsp3) is 0.577. The third-order valence-corrected chi connectivity index (χ3v) is 5.20. The summed E-state index contributed by atoms with van der Waals surface area (Å²) in [5, 5.41) is 26.3. The molecule has 0 aliphatic carbocycles. The van der Waals surface area contributed by atoms with Crippen LogP contribution in [0.25, 0.3) is 0 Å². The molecule has 0 bridgehead atoms. The van der Waals surface area contributed by atoms with E-state index in [1.807, 2.05) is 0 Å². The minimum Gasteiger partial charge on any atom is -0.481 e. The second-order valence-electron chi connectivity index (χ2n) is 9.93. The third-order valence-electron chi connectivity index (χ3n) is 4.56. The van der Waals surface area contributed by atoms with Gasteiger partial charge in [0.1, 0.15) is 0 Å². The zero-order valence-corrected chi connectivity index (χ0v) is 28.7. The summed E-state index contributed by atoms with van der Waals surface area (Å²) in [6, 6.07) is 2.61. The average Bonchev–Trinajstić information content (AvgIpc) is 2.85. The lowest BCUT2D eigenvalue weighted by Gasteiger charge is -2.16. The number of carboxylic acids is 1. The van der Waals surface area contributed by atoms with Gasteiger partial charge in [-0.05, 0) is 75.4 Å². The van der Waals surface area contributed by atoms with Gasteiger partial charge >= 0.3 is 12.4 Å². The maximum absolute atomic E-state index is 12.6. The monoisotopic (exact) mass is 822 g/mol. The molecule has 2 rings (SSSR count). The fourth-order valence-electron chi connectivity index (χ4n) is 2.74. The molecule has 2 aromatic heterocycles. The standard InChI is InChI=1S/C12H15BrF3NO2.C12H16F3NO2.C2H4O2.Br2/c1-11(2,18)4-3-5-19-10-6-8(12(14,15)16)9(13)7-17-10;1-11(2,17)5-3-7-18-10-8-9(4-6-16-10)12(13,14)15;1-2(3)4;1-2/h6-7,18H,3-5H2,1-2H3;4,6,8,17H,3,5,7H2,1-2H3;1H3,(H,3,4);. The Labute approximate surface area is 270 Å². The van der Waals surface area contributed by atoms with Crippen molar-refractivity contribution in [3.63, 3.8) is 0 Å². The molecule has 43 heavy (non-hydrogen) atoms. The highest BCUT2D eigenvalue weighted by molar-refractivity contribution is 9.93. The highest BCUT2D eigenvalue weighted by Gasteiger charge is 2.34. The second kappa shape index (κ2) is 20.4. The van der Waals surface area contributed by atoms with Gasteiger partial charge in [-0.2, -0.15) is 26.3 Å². The zero-order valence-electron chi connectivity index (χ0n) is 24.0. The summed E-state index contributed by atoms with van der Waals surface area (Å²) in [5.74, 6) is -0.966. The van der Waals surface area contributed by atoms with Gasteiger partial charge in [-0.3, -0.25) is 4.79 Å². The number of hydrogen-bond acceptors (Lipinski definition) is 7. The van der Waals surface area contributed by atoms with Crippen molar-refractivity contribution in [1.82, 2.24) is 9.97 Å². The minimum atomic E-state index is -4.45. The number of alkyl halides is 6. The van der Waals surface area contributed by atoms with Gasteiger partial charge in [-0.1, -0.05) is 0 Å². The van der Waals surface area contributed by atoms with Crippen LogP contribution in [0.5, 0.6) is 11.8 Å². The summed E-state index contributed by atoms with van der Waals surface area (Å²) in [6.45, 7) is 8.15.